The average Bonchev–Trinajstić information content (AvgIpc) is 2.76. The van der Waals surface area contributed by atoms with Gasteiger partial charge in [0.1, 0.15) is 6.04 Å². The zero-order chi connectivity index (χ0) is 24.1. The summed E-state index contributed by atoms with van der Waals surface area (Å²) in [7, 11) is 1.65. The van der Waals surface area contributed by atoms with Gasteiger partial charge in [0.25, 0.3) is 11.8 Å². The normalized spacial score (nSPS) is 12.2. The van der Waals surface area contributed by atoms with Crippen LogP contribution in [0, 0.1) is 11.8 Å². The highest BCUT2D eigenvalue weighted by atomic mass is 16.5. The van der Waals surface area contributed by atoms with E-state index in [4.69, 9.17) is 0 Å². The molecule has 1 atom stereocenters. The first-order valence-corrected chi connectivity index (χ1v) is 11.1. The summed E-state index contributed by atoms with van der Waals surface area (Å²) in [6.45, 7) is 8.19. The number of hydrogen-bond acceptors (Lipinski definition) is 5. The second-order valence-corrected chi connectivity index (χ2v) is 8.61. The second-order valence-electron chi connectivity index (χ2n) is 8.61. The predicted molar refractivity (Wildman–Crippen MR) is 125 cm³/mol. The molecule has 0 aliphatic carbocycles. The maximum atomic E-state index is 13.3. The predicted octanol–water partition coefficient (Wildman–Crippen LogP) is 2.85. The first-order chi connectivity index (χ1) is 15.2. The lowest BCUT2D eigenvalue weighted by molar-refractivity contribution is -0.174. The van der Waals surface area contributed by atoms with Gasteiger partial charge in [0, 0.05) is 13.0 Å². The van der Waals surface area contributed by atoms with Gasteiger partial charge in [-0.25, -0.2) is 15.5 Å². The quantitative estimate of drug-likeness (QED) is 0.338. The minimum absolute atomic E-state index is 0.0218. The number of nitrogens with one attached hydrogen (secondary N) is 2. The maximum absolute atomic E-state index is 13.3. The van der Waals surface area contributed by atoms with Gasteiger partial charge in [0.2, 0.25) is 5.91 Å². The highest BCUT2D eigenvalue weighted by Crippen LogP contribution is 2.18. The third-order valence-electron chi connectivity index (χ3n) is 4.78. The second kappa shape index (κ2) is 14.4. The Morgan fingerprint density at radius 3 is 2.22 bits per heavy atom. The van der Waals surface area contributed by atoms with Crippen LogP contribution in [0.3, 0.4) is 0 Å². The SMILES string of the molecule is CNCC(=O)N(CC(C)C)N(C(=O)CCC(C)C)[C@@H](CC=Cc1ccccc1)C(=O)NO. The smallest absolute Gasteiger partial charge is 0.268 e. The van der Waals surface area contributed by atoms with Gasteiger partial charge in [0.15, 0.2) is 0 Å². The Hall–Kier alpha value is -2.71. The van der Waals surface area contributed by atoms with E-state index in [1.165, 1.54) is 10.0 Å². The number of likely N-dealkylation sites (N-methyl/N-ethyl adjacent to an activating group) is 1. The molecule has 178 valence electrons. The van der Waals surface area contributed by atoms with Crippen molar-refractivity contribution in [2.45, 2.75) is 53.0 Å². The average molecular weight is 447 g/mol. The maximum Gasteiger partial charge on any atom is 0.268 e. The molecule has 0 unspecified atom stereocenters. The fourth-order valence-electron chi connectivity index (χ4n) is 3.19. The van der Waals surface area contributed by atoms with Gasteiger partial charge in [-0.1, -0.05) is 70.2 Å². The first kappa shape index (κ1) is 27.3. The summed E-state index contributed by atoms with van der Waals surface area (Å²) in [5.41, 5.74) is 2.62. The van der Waals surface area contributed by atoms with E-state index < -0.39 is 11.9 Å². The lowest BCUT2D eigenvalue weighted by Gasteiger charge is -2.40. The molecule has 0 radical (unpaired) electrons. The van der Waals surface area contributed by atoms with Crippen molar-refractivity contribution in [2.24, 2.45) is 11.8 Å². The molecule has 0 aliphatic rings. The summed E-state index contributed by atoms with van der Waals surface area (Å²) >= 11 is 0. The molecule has 0 heterocycles. The molecule has 0 spiro atoms. The zero-order valence-electron chi connectivity index (χ0n) is 19.9. The molecule has 1 aromatic carbocycles. The van der Waals surface area contributed by atoms with Gasteiger partial charge in [0.05, 0.1) is 6.54 Å². The molecule has 0 saturated heterocycles. The Morgan fingerprint density at radius 1 is 1.03 bits per heavy atom. The van der Waals surface area contributed by atoms with E-state index in [1.807, 2.05) is 64.1 Å². The number of hydrogen-bond donors (Lipinski definition) is 3. The number of carbonyl (C=O) groups excluding carboxylic acids is 3. The molecule has 1 aromatic rings. The minimum atomic E-state index is -1.07. The van der Waals surface area contributed by atoms with Crippen LogP contribution in [0.25, 0.3) is 6.08 Å². The Bertz CT molecular complexity index is 750. The Morgan fingerprint density at radius 2 is 1.69 bits per heavy atom. The van der Waals surface area contributed by atoms with Crippen LogP contribution in [-0.4, -0.2) is 59.1 Å². The molecule has 1 rings (SSSR count). The fraction of sp³-hybridized carbons (Fsp3) is 0.542. The Kier molecular flexibility index (Phi) is 12.3. The standard InChI is InChI=1S/C24H38N4O4/c1-18(2)14-15-22(29)28(27(17-19(3)4)23(30)16-25-5)21(24(31)26-32)13-9-12-20-10-7-6-8-11-20/h6-12,18-19,21,25,32H,13-17H2,1-5H3,(H,26,31)/t21-/m0/s1. The third-order valence-corrected chi connectivity index (χ3v) is 4.78. The molecular formula is C24H38N4O4. The van der Waals surface area contributed by atoms with Crippen molar-refractivity contribution in [3.05, 3.63) is 42.0 Å². The summed E-state index contributed by atoms with van der Waals surface area (Å²) < 4.78 is 0. The van der Waals surface area contributed by atoms with Crippen LogP contribution >= 0.6 is 0 Å². The summed E-state index contributed by atoms with van der Waals surface area (Å²) in [6, 6.07) is 8.49. The molecule has 3 amide bonds. The molecule has 0 saturated carbocycles. The lowest BCUT2D eigenvalue weighted by atomic mass is 10.1. The van der Waals surface area contributed by atoms with Gasteiger partial charge in [-0.05, 0) is 37.3 Å². The van der Waals surface area contributed by atoms with Gasteiger partial charge in [-0.2, -0.15) is 0 Å². The highest BCUT2D eigenvalue weighted by molar-refractivity contribution is 5.89. The van der Waals surface area contributed by atoms with E-state index in [9.17, 15) is 19.6 Å². The Balaban J connectivity index is 3.33. The molecule has 8 nitrogen and oxygen atoms in total. The third kappa shape index (κ3) is 9.20. The summed E-state index contributed by atoms with van der Waals surface area (Å²) in [5.74, 6) is -1.04. The molecule has 0 aromatic heterocycles. The van der Waals surface area contributed by atoms with E-state index in [2.05, 4.69) is 5.32 Å². The van der Waals surface area contributed by atoms with Crippen LogP contribution in [0.15, 0.2) is 36.4 Å². The van der Waals surface area contributed by atoms with Crippen LogP contribution < -0.4 is 10.8 Å². The van der Waals surface area contributed by atoms with Crippen molar-refractivity contribution in [1.82, 2.24) is 20.8 Å². The number of hydrazine groups is 1. The minimum Gasteiger partial charge on any atom is -0.311 e. The zero-order valence-corrected chi connectivity index (χ0v) is 19.9. The Labute approximate surface area is 191 Å². The van der Waals surface area contributed by atoms with Crippen LogP contribution in [0.2, 0.25) is 0 Å². The molecule has 0 fully saturated rings. The number of amides is 3. The first-order valence-electron chi connectivity index (χ1n) is 11.1. The summed E-state index contributed by atoms with van der Waals surface area (Å²) in [5, 5.41) is 14.8. The van der Waals surface area contributed by atoms with E-state index >= 15 is 0 Å². The van der Waals surface area contributed by atoms with Crippen molar-refractivity contribution >= 4 is 23.8 Å². The lowest BCUT2D eigenvalue weighted by Crippen LogP contribution is -2.60. The molecule has 3 N–H and O–H groups in total. The van der Waals surface area contributed by atoms with E-state index in [-0.39, 0.29) is 49.6 Å². The molecule has 32 heavy (non-hydrogen) atoms. The van der Waals surface area contributed by atoms with Crippen molar-refractivity contribution in [3.8, 4) is 0 Å². The molecule has 8 heteroatoms. The van der Waals surface area contributed by atoms with Gasteiger partial charge in [-0.15, -0.1) is 0 Å². The van der Waals surface area contributed by atoms with Crippen LogP contribution in [0.4, 0.5) is 0 Å². The molecule has 0 aliphatic heterocycles. The van der Waals surface area contributed by atoms with Crippen molar-refractivity contribution < 1.29 is 19.6 Å². The molecule has 0 bridgehead atoms. The van der Waals surface area contributed by atoms with Crippen LogP contribution in [-0.2, 0) is 14.4 Å². The van der Waals surface area contributed by atoms with E-state index in [0.717, 1.165) is 5.56 Å². The van der Waals surface area contributed by atoms with Crippen molar-refractivity contribution in [1.29, 1.82) is 0 Å². The topological polar surface area (TPSA) is 102 Å². The van der Waals surface area contributed by atoms with Crippen molar-refractivity contribution in [3.63, 3.8) is 0 Å². The number of benzene rings is 1. The fourth-order valence-corrected chi connectivity index (χ4v) is 3.19. The number of hydroxylamine groups is 1. The monoisotopic (exact) mass is 446 g/mol. The highest BCUT2D eigenvalue weighted by Gasteiger charge is 2.36. The summed E-state index contributed by atoms with van der Waals surface area (Å²) in [4.78, 5) is 38.9. The van der Waals surface area contributed by atoms with Gasteiger partial charge < -0.3 is 5.32 Å². The number of carbonyl (C=O) groups is 3. The number of nitrogens with zero attached hydrogens (tertiary/aromatic N) is 2. The summed E-state index contributed by atoms with van der Waals surface area (Å²) in [6.07, 6.45) is 4.57. The molecular weight excluding hydrogens is 408 g/mol. The number of rotatable bonds is 12. The van der Waals surface area contributed by atoms with Gasteiger partial charge >= 0.3 is 0 Å². The van der Waals surface area contributed by atoms with Gasteiger partial charge in [-0.3, -0.25) is 19.6 Å². The largest absolute Gasteiger partial charge is 0.311 e. The van der Waals surface area contributed by atoms with Crippen LogP contribution in [0.1, 0.15) is 52.5 Å². The van der Waals surface area contributed by atoms with E-state index in [1.54, 1.807) is 18.6 Å². The van der Waals surface area contributed by atoms with Crippen molar-refractivity contribution in [2.75, 3.05) is 20.1 Å². The van der Waals surface area contributed by atoms with E-state index in [0.29, 0.717) is 6.42 Å². The van der Waals surface area contributed by atoms with Crippen LogP contribution in [0.5, 0.6) is 0 Å².